The summed E-state index contributed by atoms with van der Waals surface area (Å²) in [5.41, 5.74) is 2.27. The number of hydrogen-bond donors (Lipinski definition) is 1. The molecule has 0 atom stereocenters. The lowest BCUT2D eigenvalue weighted by Gasteiger charge is -2.10. The first kappa shape index (κ1) is 14.5. The van der Waals surface area contributed by atoms with Crippen molar-refractivity contribution in [1.29, 1.82) is 0 Å². The van der Waals surface area contributed by atoms with Crippen LogP contribution in [0.3, 0.4) is 0 Å². The Morgan fingerprint density at radius 3 is 2.70 bits per heavy atom. The number of pyridine rings is 1. The first-order valence-electron chi connectivity index (χ1n) is 7.12. The van der Waals surface area contributed by atoms with E-state index in [1.807, 2.05) is 24.3 Å². The molecule has 106 valence electrons. The van der Waals surface area contributed by atoms with Gasteiger partial charge in [-0.1, -0.05) is 32.9 Å². The molecule has 0 radical (unpaired) electrons. The minimum absolute atomic E-state index is 0.500. The second-order valence-electron chi connectivity index (χ2n) is 5.09. The fraction of sp³-hybridized carbons (Fsp3) is 0.353. The van der Waals surface area contributed by atoms with Gasteiger partial charge in [0, 0.05) is 18.8 Å². The zero-order valence-electron chi connectivity index (χ0n) is 12.4. The number of benzene rings is 1. The minimum Gasteiger partial charge on any atom is -0.457 e. The molecule has 0 unspecified atom stereocenters. The number of nitrogens with one attached hydrogen (secondary N) is 1. The normalized spacial score (nSPS) is 10.8. The molecule has 1 aromatic carbocycles. The third-order valence-corrected chi connectivity index (χ3v) is 3.10. The summed E-state index contributed by atoms with van der Waals surface area (Å²) in [7, 11) is 0. The monoisotopic (exact) mass is 270 g/mol. The molecule has 3 nitrogen and oxygen atoms in total. The molecular weight excluding hydrogens is 248 g/mol. The molecule has 0 bridgehead atoms. The first-order valence-corrected chi connectivity index (χ1v) is 7.12. The van der Waals surface area contributed by atoms with Gasteiger partial charge in [0.2, 0.25) is 0 Å². The third kappa shape index (κ3) is 4.07. The third-order valence-electron chi connectivity index (χ3n) is 3.10. The van der Waals surface area contributed by atoms with Gasteiger partial charge in [0.1, 0.15) is 11.5 Å². The van der Waals surface area contributed by atoms with Gasteiger partial charge in [0.15, 0.2) is 0 Å². The van der Waals surface area contributed by atoms with Crippen molar-refractivity contribution in [3.8, 4) is 11.5 Å². The highest BCUT2D eigenvalue weighted by Crippen LogP contribution is 2.25. The SMILES string of the molecule is CCNCc1cc(Oc2cccc(C(C)C)c2)ccn1. The molecular formula is C17H22N2O. The average molecular weight is 270 g/mol. The fourth-order valence-corrected chi connectivity index (χ4v) is 1.94. The topological polar surface area (TPSA) is 34.1 Å². The lowest BCUT2D eigenvalue weighted by Crippen LogP contribution is -2.12. The van der Waals surface area contributed by atoms with E-state index in [4.69, 9.17) is 4.74 Å². The number of ether oxygens (including phenoxy) is 1. The number of nitrogens with zero attached hydrogens (tertiary/aromatic N) is 1. The van der Waals surface area contributed by atoms with Gasteiger partial charge >= 0.3 is 0 Å². The van der Waals surface area contributed by atoms with Crippen molar-refractivity contribution in [1.82, 2.24) is 10.3 Å². The van der Waals surface area contributed by atoms with Crippen molar-refractivity contribution in [2.75, 3.05) is 6.54 Å². The largest absolute Gasteiger partial charge is 0.457 e. The molecule has 0 fully saturated rings. The quantitative estimate of drug-likeness (QED) is 0.857. The molecule has 0 aliphatic carbocycles. The van der Waals surface area contributed by atoms with Crippen LogP contribution >= 0.6 is 0 Å². The second kappa shape index (κ2) is 7.06. The molecule has 0 spiro atoms. The Labute approximate surface area is 121 Å². The maximum absolute atomic E-state index is 5.92. The predicted molar refractivity (Wildman–Crippen MR) is 82.2 cm³/mol. The molecule has 1 N–H and O–H groups in total. The maximum Gasteiger partial charge on any atom is 0.130 e. The van der Waals surface area contributed by atoms with Crippen molar-refractivity contribution in [3.05, 3.63) is 53.9 Å². The molecule has 2 aromatic rings. The lowest BCUT2D eigenvalue weighted by molar-refractivity contribution is 0.479. The fourth-order valence-electron chi connectivity index (χ4n) is 1.94. The van der Waals surface area contributed by atoms with Crippen molar-refractivity contribution in [3.63, 3.8) is 0 Å². The van der Waals surface area contributed by atoms with Gasteiger partial charge in [-0.05, 0) is 36.2 Å². The zero-order chi connectivity index (χ0) is 14.4. The average Bonchev–Trinajstić information content (AvgIpc) is 2.46. The van der Waals surface area contributed by atoms with Gasteiger partial charge in [-0.25, -0.2) is 0 Å². The van der Waals surface area contributed by atoms with Crippen molar-refractivity contribution < 1.29 is 4.74 Å². The van der Waals surface area contributed by atoms with E-state index in [0.717, 1.165) is 30.3 Å². The minimum atomic E-state index is 0.500. The molecule has 1 heterocycles. The number of aromatic nitrogens is 1. The van der Waals surface area contributed by atoms with Crippen LogP contribution in [-0.2, 0) is 6.54 Å². The molecule has 0 amide bonds. The number of hydrogen-bond acceptors (Lipinski definition) is 3. The smallest absolute Gasteiger partial charge is 0.130 e. The summed E-state index contributed by atoms with van der Waals surface area (Å²) >= 11 is 0. The second-order valence-corrected chi connectivity index (χ2v) is 5.09. The van der Waals surface area contributed by atoms with E-state index in [0.29, 0.717) is 5.92 Å². The molecule has 0 aliphatic rings. The highest BCUT2D eigenvalue weighted by atomic mass is 16.5. The van der Waals surface area contributed by atoms with Gasteiger partial charge < -0.3 is 10.1 Å². The van der Waals surface area contributed by atoms with E-state index in [2.05, 4.69) is 43.2 Å². The Kier molecular flexibility index (Phi) is 5.13. The standard InChI is InChI=1S/C17H22N2O/c1-4-18-12-15-11-17(8-9-19-15)20-16-7-5-6-14(10-16)13(2)3/h5-11,13,18H,4,12H2,1-3H3. The van der Waals surface area contributed by atoms with Crippen molar-refractivity contribution in [2.45, 2.75) is 33.2 Å². The van der Waals surface area contributed by atoms with E-state index >= 15 is 0 Å². The Hall–Kier alpha value is -1.87. The Balaban J connectivity index is 2.11. The van der Waals surface area contributed by atoms with Gasteiger partial charge in [0.05, 0.1) is 5.69 Å². The van der Waals surface area contributed by atoms with E-state index in [9.17, 15) is 0 Å². The van der Waals surface area contributed by atoms with Crippen LogP contribution < -0.4 is 10.1 Å². The van der Waals surface area contributed by atoms with Crippen LogP contribution in [0.5, 0.6) is 11.5 Å². The van der Waals surface area contributed by atoms with Crippen LogP contribution in [0.1, 0.15) is 37.9 Å². The van der Waals surface area contributed by atoms with Crippen LogP contribution in [0.4, 0.5) is 0 Å². The van der Waals surface area contributed by atoms with Crippen LogP contribution in [0.2, 0.25) is 0 Å². The summed E-state index contributed by atoms with van der Waals surface area (Å²) in [6, 6.07) is 12.1. The summed E-state index contributed by atoms with van der Waals surface area (Å²) in [6.45, 7) is 8.14. The molecule has 0 saturated carbocycles. The van der Waals surface area contributed by atoms with Gasteiger partial charge in [-0.15, -0.1) is 0 Å². The summed E-state index contributed by atoms with van der Waals surface area (Å²) in [6.07, 6.45) is 1.79. The van der Waals surface area contributed by atoms with E-state index in [-0.39, 0.29) is 0 Å². The predicted octanol–water partition coefficient (Wildman–Crippen LogP) is 4.11. The van der Waals surface area contributed by atoms with Gasteiger partial charge in [0.25, 0.3) is 0 Å². The molecule has 0 aliphatic heterocycles. The molecule has 1 aromatic heterocycles. The Bertz CT molecular complexity index is 552. The highest BCUT2D eigenvalue weighted by molar-refractivity contribution is 5.35. The number of rotatable bonds is 6. The summed E-state index contributed by atoms with van der Waals surface area (Å²) < 4.78 is 5.92. The van der Waals surface area contributed by atoms with E-state index in [1.165, 1.54) is 5.56 Å². The van der Waals surface area contributed by atoms with Crippen molar-refractivity contribution >= 4 is 0 Å². The lowest BCUT2D eigenvalue weighted by atomic mass is 10.0. The summed E-state index contributed by atoms with van der Waals surface area (Å²) in [5.74, 6) is 2.20. The summed E-state index contributed by atoms with van der Waals surface area (Å²) in [4.78, 5) is 4.32. The van der Waals surface area contributed by atoms with Crippen LogP contribution in [0.25, 0.3) is 0 Å². The zero-order valence-corrected chi connectivity index (χ0v) is 12.4. The highest BCUT2D eigenvalue weighted by Gasteiger charge is 2.03. The first-order chi connectivity index (χ1) is 9.69. The molecule has 3 heteroatoms. The molecule has 0 saturated heterocycles. The summed E-state index contributed by atoms with van der Waals surface area (Å²) in [5, 5.41) is 3.26. The van der Waals surface area contributed by atoms with Gasteiger partial charge in [-0.3, -0.25) is 4.98 Å². The van der Waals surface area contributed by atoms with E-state index in [1.54, 1.807) is 6.20 Å². The van der Waals surface area contributed by atoms with Crippen LogP contribution in [0, 0.1) is 0 Å². The van der Waals surface area contributed by atoms with E-state index < -0.39 is 0 Å². The maximum atomic E-state index is 5.92. The van der Waals surface area contributed by atoms with Crippen molar-refractivity contribution in [2.24, 2.45) is 0 Å². The van der Waals surface area contributed by atoms with Gasteiger partial charge in [-0.2, -0.15) is 0 Å². The molecule has 20 heavy (non-hydrogen) atoms. The van der Waals surface area contributed by atoms with Crippen LogP contribution in [-0.4, -0.2) is 11.5 Å². The Morgan fingerprint density at radius 1 is 1.15 bits per heavy atom. The Morgan fingerprint density at radius 2 is 1.95 bits per heavy atom. The van der Waals surface area contributed by atoms with Crippen LogP contribution in [0.15, 0.2) is 42.6 Å². The molecule has 2 rings (SSSR count).